The maximum Gasteiger partial charge on any atom is 0.306 e. The third-order valence-electron chi connectivity index (χ3n) is 13.1. The average molecular weight is 1020 g/mol. The quantitative estimate of drug-likeness (QED) is 0.0261. The zero-order valence-electron chi connectivity index (χ0n) is 47.9. The number of rotatable bonds is 55. The molecule has 0 bridgehead atoms. The molecule has 0 spiro atoms. The van der Waals surface area contributed by atoms with E-state index in [1.165, 1.54) is 116 Å². The van der Waals surface area contributed by atoms with Gasteiger partial charge in [-0.25, -0.2) is 0 Å². The third kappa shape index (κ3) is 59.1. The standard InChI is InChI=1S/C67H114O6/c1-4-7-10-13-16-19-22-25-28-30-32-33-35-36-39-42-45-48-51-54-57-60-66(69)72-63-64(62-71-65(68)59-56-53-50-47-44-41-38-27-24-21-18-15-12-9-6-3)73-67(70)61-58-55-52-49-46-43-40-37-34-31-29-26-23-20-17-14-11-8-5-2/h8-9,11-12,17-18,20-21,26-27,29,34,37-38,43,46,64H,4-7,10,13-16,19,22-25,28,30-33,35-36,39-42,44-45,47-63H2,1-3H3/b11-8-,12-9-,20-17-,21-18-,29-26-,37-34-,38-27-,46-43-. The molecule has 0 amide bonds. The molecule has 73 heavy (non-hydrogen) atoms. The molecule has 0 N–H and O–H groups in total. The van der Waals surface area contributed by atoms with E-state index >= 15 is 0 Å². The second-order valence-electron chi connectivity index (χ2n) is 20.2. The molecular formula is C67H114O6. The minimum absolute atomic E-state index is 0.0950. The predicted molar refractivity (Wildman–Crippen MR) is 316 cm³/mol. The molecule has 0 saturated carbocycles. The third-order valence-corrected chi connectivity index (χ3v) is 13.1. The number of carbonyl (C=O) groups is 3. The molecule has 0 fully saturated rings. The van der Waals surface area contributed by atoms with Gasteiger partial charge in [-0.1, -0.05) is 272 Å². The molecule has 0 heterocycles. The highest BCUT2D eigenvalue weighted by Crippen LogP contribution is 2.16. The normalized spacial score (nSPS) is 12.8. The fourth-order valence-corrected chi connectivity index (χ4v) is 8.54. The molecule has 6 nitrogen and oxygen atoms in total. The summed E-state index contributed by atoms with van der Waals surface area (Å²) in [6.07, 6.45) is 81.2. The van der Waals surface area contributed by atoms with Crippen LogP contribution in [0.4, 0.5) is 0 Å². The van der Waals surface area contributed by atoms with Gasteiger partial charge in [-0.15, -0.1) is 0 Å². The molecule has 0 radical (unpaired) electrons. The van der Waals surface area contributed by atoms with Crippen molar-refractivity contribution >= 4 is 17.9 Å². The van der Waals surface area contributed by atoms with Crippen LogP contribution in [-0.2, 0) is 28.6 Å². The van der Waals surface area contributed by atoms with E-state index in [9.17, 15) is 14.4 Å². The number of hydrogen-bond donors (Lipinski definition) is 0. The number of hydrogen-bond acceptors (Lipinski definition) is 6. The lowest BCUT2D eigenvalue weighted by Crippen LogP contribution is -2.30. The number of unbranched alkanes of at least 4 members (excludes halogenated alkanes) is 28. The van der Waals surface area contributed by atoms with Crippen molar-refractivity contribution in [3.63, 3.8) is 0 Å². The highest BCUT2D eigenvalue weighted by molar-refractivity contribution is 5.71. The van der Waals surface area contributed by atoms with Gasteiger partial charge in [0.1, 0.15) is 13.2 Å². The van der Waals surface area contributed by atoms with Crippen LogP contribution in [0.2, 0.25) is 0 Å². The van der Waals surface area contributed by atoms with Gasteiger partial charge in [0.15, 0.2) is 6.10 Å². The minimum Gasteiger partial charge on any atom is -0.462 e. The van der Waals surface area contributed by atoms with Crippen LogP contribution in [0.1, 0.15) is 290 Å². The maximum atomic E-state index is 12.9. The van der Waals surface area contributed by atoms with E-state index in [1.807, 2.05) is 0 Å². The molecule has 0 aliphatic rings. The van der Waals surface area contributed by atoms with Crippen LogP contribution in [0.3, 0.4) is 0 Å². The Labute approximate surface area is 451 Å². The van der Waals surface area contributed by atoms with Crippen molar-refractivity contribution < 1.29 is 28.6 Å². The summed E-state index contributed by atoms with van der Waals surface area (Å²) in [5.41, 5.74) is 0. The summed E-state index contributed by atoms with van der Waals surface area (Å²) < 4.78 is 16.9. The molecule has 0 aromatic carbocycles. The van der Waals surface area contributed by atoms with Crippen molar-refractivity contribution in [2.24, 2.45) is 0 Å². The van der Waals surface area contributed by atoms with Crippen molar-refractivity contribution in [2.45, 2.75) is 297 Å². The number of esters is 3. The molecule has 1 unspecified atom stereocenters. The van der Waals surface area contributed by atoms with Crippen LogP contribution in [0.5, 0.6) is 0 Å². The van der Waals surface area contributed by atoms with Crippen molar-refractivity contribution in [1.29, 1.82) is 0 Å². The summed E-state index contributed by atoms with van der Waals surface area (Å²) >= 11 is 0. The van der Waals surface area contributed by atoms with Gasteiger partial charge >= 0.3 is 17.9 Å². The van der Waals surface area contributed by atoms with Gasteiger partial charge in [-0.3, -0.25) is 14.4 Å². The second kappa shape index (κ2) is 60.9. The smallest absolute Gasteiger partial charge is 0.306 e. The summed E-state index contributed by atoms with van der Waals surface area (Å²) in [5.74, 6) is -0.936. The largest absolute Gasteiger partial charge is 0.462 e. The van der Waals surface area contributed by atoms with Gasteiger partial charge in [-0.05, 0) is 96.3 Å². The van der Waals surface area contributed by atoms with E-state index in [0.29, 0.717) is 12.8 Å². The fraction of sp³-hybridized carbons (Fsp3) is 0.716. The van der Waals surface area contributed by atoms with E-state index in [2.05, 4.69) is 118 Å². The Bertz CT molecular complexity index is 1440. The van der Waals surface area contributed by atoms with Crippen LogP contribution in [0, 0.1) is 0 Å². The molecule has 0 rings (SSSR count). The van der Waals surface area contributed by atoms with Crippen molar-refractivity contribution in [1.82, 2.24) is 0 Å². The topological polar surface area (TPSA) is 78.9 Å². The molecule has 0 aromatic heterocycles. The fourth-order valence-electron chi connectivity index (χ4n) is 8.54. The van der Waals surface area contributed by atoms with Gasteiger partial charge in [0.2, 0.25) is 0 Å². The highest BCUT2D eigenvalue weighted by Gasteiger charge is 2.19. The summed E-state index contributed by atoms with van der Waals surface area (Å²) in [4.78, 5) is 38.3. The Balaban J connectivity index is 4.42. The van der Waals surface area contributed by atoms with Crippen LogP contribution in [0.15, 0.2) is 97.2 Å². The Morgan fingerprint density at radius 3 is 0.849 bits per heavy atom. The number of carbonyl (C=O) groups excluding carboxylic acids is 3. The molecule has 6 heteroatoms. The molecule has 0 aliphatic heterocycles. The van der Waals surface area contributed by atoms with E-state index in [0.717, 1.165) is 135 Å². The summed E-state index contributed by atoms with van der Waals surface area (Å²) in [5, 5.41) is 0. The van der Waals surface area contributed by atoms with Crippen LogP contribution in [0.25, 0.3) is 0 Å². The lowest BCUT2D eigenvalue weighted by atomic mass is 10.0. The van der Waals surface area contributed by atoms with E-state index in [-0.39, 0.29) is 37.5 Å². The first kappa shape index (κ1) is 69.3. The van der Waals surface area contributed by atoms with E-state index in [4.69, 9.17) is 14.2 Å². The first-order valence-corrected chi connectivity index (χ1v) is 30.7. The molecule has 0 aliphatic carbocycles. The summed E-state index contributed by atoms with van der Waals surface area (Å²) in [6, 6.07) is 0. The molecular weight excluding hydrogens is 901 g/mol. The number of allylic oxidation sites excluding steroid dienone is 16. The average Bonchev–Trinajstić information content (AvgIpc) is 3.39. The van der Waals surface area contributed by atoms with Crippen LogP contribution < -0.4 is 0 Å². The minimum atomic E-state index is -0.803. The second-order valence-corrected chi connectivity index (χ2v) is 20.2. The van der Waals surface area contributed by atoms with Crippen molar-refractivity contribution in [3.05, 3.63) is 97.2 Å². The summed E-state index contributed by atoms with van der Waals surface area (Å²) in [7, 11) is 0. The van der Waals surface area contributed by atoms with Crippen molar-refractivity contribution in [3.8, 4) is 0 Å². The molecule has 418 valence electrons. The maximum absolute atomic E-state index is 12.9. The lowest BCUT2D eigenvalue weighted by Gasteiger charge is -2.18. The Morgan fingerprint density at radius 2 is 0.534 bits per heavy atom. The Hall–Kier alpha value is -3.67. The summed E-state index contributed by atoms with van der Waals surface area (Å²) in [6.45, 7) is 6.40. The Morgan fingerprint density at radius 1 is 0.288 bits per heavy atom. The molecule has 1 atom stereocenters. The molecule has 0 saturated heterocycles. The zero-order valence-corrected chi connectivity index (χ0v) is 47.9. The van der Waals surface area contributed by atoms with Crippen LogP contribution in [-0.4, -0.2) is 37.2 Å². The first-order chi connectivity index (χ1) is 36.0. The van der Waals surface area contributed by atoms with Crippen LogP contribution >= 0.6 is 0 Å². The number of ether oxygens (including phenoxy) is 3. The van der Waals surface area contributed by atoms with E-state index < -0.39 is 6.10 Å². The lowest BCUT2D eigenvalue weighted by molar-refractivity contribution is -0.167. The van der Waals surface area contributed by atoms with Gasteiger partial charge in [-0.2, -0.15) is 0 Å². The van der Waals surface area contributed by atoms with Gasteiger partial charge in [0.25, 0.3) is 0 Å². The van der Waals surface area contributed by atoms with Gasteiger partial charge in [0, 0.05) is 19.3 Å². The zero-order chi connectivity index (χ0) is 52.9. The van der Waals surface area contributed by atoms with Gasteiger partial charge < -0.3 is 14.2 Å². The highest BCUT2D eigenvalue weighted by atomic mass is 16.6. The van der Waals surface area contributed by atoms with Gasteiger partial charge in [0.05, 0.1) is 0 Å². The monoisotopic (exact) mass is 1010 g/mol. The molecule has 0 aromatic rings. The first-order valence-electron chi connectivity index (χ1n) is 30.7. The Kier molecular flexibility index (Phi) is 57.8. The SMILES string of the molecule is CC/C=C\C/C=C\C/C=C\C/C=C\C/C=C\CCCCCC(=O)OC(COC(=O)CCCCCCC/C=C\C/C=C\C/C=C\CC)COC(=O)CCCCCCCCCCCCCCCCCCCCCCC. The van der Waals surface area contributed by atoms with Crippen molar-refractivity contribution in [2.75, 3.05) is 13.2 Å². The predicted octanol–water partition coefficient (Wildman–Crippen LogP) is 20.9. The van der Waals surface area contributed by atoms with E-state index in [1.54, 1.807) is 0 Å².